The molecule has 1 aliphatic carbocycles. The second-order valence-electron chi connectivity index (χ2n) is 6.37. The maximum absolute atomic E-state index is 12.5. The number of amides is 1. The second-order valence-corrected chi connectivity index (χ2v) is 7.48. The predicted octanol–water partition coefficient (Wildman–Crippen LogP) is 4.43. The summed E-state index contributed by atoms with van der Waals surface area (Å²) in [6.07, 6.45) is 5.99. The first-order valence-corrected chi connectivity index (χ1v) is 9.40. The quantitative estimate of drug-likeness (QED) is 0.741. The summed E-state index contributed by atoms with van der Waals surface area (Å²) in [5.41, 5.74) is 3.27. The molecule has 6 heteroatoms. The van der Waals surface area contributed by atoms with Gasteiger partial charge in [0.2, 0.25) is 5.91 Å². The molecule has 3 aromatic rings. The van der Waals surface area contributed by atoms with Crippen LogP contribution in [-0.4, -0.2) is 13.0 Å². The maximum atomic E-state index is 12.5. The molecule has 0 aliphatic heterocycles. The van der Waals surface area contributed by atoms with Crippen molar-refractivity contribution in [3.8, 4) is 11.8 Å². The Labute approximate surface area is 155 Å². The summed E-state index contributed by atoms with van der Waals surface area (Å²) < 4.78 is 10.7. The molecule has 0 spiro atoms. The number of hydrogen-bond donors (Lipinski definition) is 1. The summed E-state index contributed by atoms with van der Waals surface area (Å²) in [6, 6.07) is 7.82. The van der Waals surface area contributed by atoms with E-state index >= 15 is 0 Å². The molecule has 0 saturated carbocycles. The summed E-state index contributed by atoms with van der Waals surface area (Å²) in [7, 11) is 1.60. The first kappa shape index (κ1) is 16.7. The number of aryl methyl sites for hydroxylation is 1. The Morgan fingerprint density at radius 2 is 2.23 bits per heavy atom. The Bertz CT molecular complexity index is 1030. The number of methoxy groups -OCH3 is 1. The van der Waals surface area contributed by atoms with Gasteiger partial charge in [0.15, 0.2) is 0 Å². The summed E-state index contributed by atoms with van der Waals surface area (Å²) in [6.45, 7) is 0. The van der Waals surface area contributed by atoms with Gasteiger partial charge in [-0.3, -0.25) is 4.79 Å². The molecule has 4 rings (SSSR count). The third kappa shape index (κ3) is 2.95. The lowest BCUT2D eigenvalue weighted by Gasteiger charge is -2.09. The predicted molar refractivity (Wildman–Crippen MR) is 101 cm³/mol. The fourth-order valence-electron chi connectivity index (χ4n) is 3.44. The molecule has 0 saturated heterocycles. The molecule has 0 radical (unpaired) electrons. The van der Waals surface area contributed by atoms with Gasteiger partial charge in [-0.15, -0.1) is 11.3 Å². The van der Waals surface area contributed by atoms with E-state index in [1.807, 2.05) is 12.1 Å². The van der Waals surface area contributed by atoms with Crippen LogP contribution in [0, 0.1) is 11.3 Å². The van der Waals surface area contributed by atoms with Crippen molar-refractivity contribution in [1.82, 2.24) is 0 Å². The molecule has 0 bridgehead atoms. The standard InChI is InChI=1S/C20H18N2O3S/c1-24-13-6-7-14-12(11-25-17(14)9-13)8-19(23)22-20-16(10-21)15-4-2-3-5-18(15)26-20/h6-7,9,11H,2-5,8H2,1H3,(H,22,23). The summed E-state index contributed by atoms with van der Waals surface area (Å²) in [5.74, 6) is 0.573. The molecule has 1 aliphatic rings. The third-order valence-corrected chi connectivity index (χ3v) is 5.96. The fraction of sp³-hybridized carbons (Fsp3) is 0.300. The average Bonchev–Trinajstić information content (AvgIpc) is 3.21. The molecule has 1 aromatic carbocycles. The first-order valence-electron chi connectivity index (χ1n) is 8.58. The monoisotopic (exact) mass is 366 g/mol. The number of hydrogen-bond acceptors (Lipinski definition) is 5. The van der Waals surface area contributed by atoms with E-state index in [0.717, 1.165) is 42.2 Å². The van der Waals surface area contributed by atoms with Gasteiger partial charge in [-0.25, -0.2) is 0 Å². The minimum Gasteiger partial charge on any atom is -0.497 e. The lowest BCUT2D eigenvalue weighted by Crippen LogP contribution is -2.14. The molecule has 0 atom stereocenters. The number of benzene rings is 1. The highest BCUT2D eigenvalue weighted by atomic mass is 32.1. The van der Waals surface area contributed by atoms with Gasteiger partial charge in [-0.1, -0.05) is 0 Å². The van der Waals surface area contributed by atoms with Gasteiger partial charge in [0.1, 0.15) is 22.4 Å². The summed E-state index contributed by atoms with van der Waals surface area (Å²) in [5, 5.41) is 14.0. The molecule has 1 N–H and O–H groups in total. The number of rotatable bonds is 4. The van der Waals surface area contributed by atoms with E-state index in [9.17, 15) is 10.1 Å². The van der Waals surface area contributed by atoms with E-state index in [1.165, 1.54) is 4.88 Å². The zero-order chi connectivity index (χ0) is 18.1. The molecular weight excluding hydrogens is 348 g/mol. The summed E-state index contributed by atoms with van der Waals surface area (Å²) in [4.78, 5) is 13.8. The van der Waals surface area contributed by atoms with Gasteiger partial charge >= 0.3 is 0 Å². The molecule has 1 amide bonds. The van der Waals surface area contributed by atoms with E-state index in [0.29, 0.717) is 21.9 Å². The normalized spacial score (nSPS) is 13.2. The lowest BCUT2D eigenvalue weighted by molar-refractivity contribution is -0.115. The number of nitrogens with zero attached hydrogens (tertiary/aromatic N) is 1. The molecule has 26 heavy (non-hydrogen) atoms. The van der Waals surface area contributed by atoms with E-state index in [4.69, 9.17) is 9.15 Å². The highest BCUT2D eigenvalue weighted by molar-refractivity contribution is 7.16. The Balaban J connectivity index is 1.55. The van der Waals surface area contributed by atoms with Crippen molar-refractivity contribution >= 4 is 33.2 Å². The highest BCUT2D eigenvalue weighted by Gasteiger charge is 2.22. The minimum atomic E-state index is -0.140. The number of nitriles is 1. The van der Waals surface area contributed by atoms with E-state index in [2.05, 4.69) is 11.4 Å². The van der Waals surface area contributed by atoms with Crippen LogP contribution >= 0.6 is 11.3 Å². The number of thiophene rings is 1. The van der Waals surface area contributed by atoms with Crippen LogP contribution in [0.5, 0.6) is 5.75 Å². The van der Waals surface area contributed by atoms with Gasteiger partial charge in [0.25, 0.3) is 0 Å². The smallest absolute Gasteiger partial charge is 0.229 e. The zero-order valence-corrected chi connectivity index (χ0v) is 15.2. The van der Waals surface area contributed by atoms with Crippen molar-refractivity contribution in [2.24, 2.45) is 0 Å². The number of anilines is 1. The van der Waals surface area contributed by atoms with Crippen molar-refractivity contribution in [3.63, 3.8) is 0 Å². The van der Waals surface area contributed by atoms with Crippen LogP contribution in [0.15, 0.2) is 28.9 Å². The molecule has 132 valence electrons. The number of carbonyl (C=O) groups excluding carboxylic acids is 1. The topological polar surface area (TPSA) is 75.3 Å². The van der Waals surface area contributed by atoms with E-state index in [1.54, 1.807) is 30.8 Å². The van der Waals surface area contributed by atoms with Crippen LogP contribution in [0.4, 0.5) is 5.00 Å². The van der Waals surface area contributed by atoms with Crippen molar-refractivity contribution in [3.05, 3.63) is 46.0 Å². The van der Waals surface area contributed by atoms with Crippen molar-refractivity contribution in [2.45, 2.75) is 32.1 Å². The SMILES string of the molecule is COc1ccc2c(CC(=O)Nc3sc4c(c3C#N)CCCC4)coc2c1. The minimum absolute atomic E-state index is 0.140. The number of nitrogens with one attached hydrogen (secondary N) is 1. The van der Waals surface area contributed by atoms with Gasteiger partial charge in [-0.05, 0) is 43.4 Å². The Morgan fingerprint density at radius 3 is 3.04 bits per heavy atom. The van der Waals surface area contributed by atoms with Crippen molar-refractivity contribution < 1.29 is 13.9 Å². The highest BCUT2D eigenvalue weighted by Crippen LogP contribution is 2.37. The molecule has 2 heterocycles. The number of furan rings is 1. The van der Waals surface area contributed by atoms with Crippen LogP contribution in [0.3, 0.4) is 0 Å². The first-order chi connectivity index (χ1) is 12.7. The van der Waals surface area contributed by atoms with Crippen LogP contribution in [0.1, 0.15) is 34.4 Å². The molecule has 2 aromatic heterocycles. The molecule has 0 unspecified atom stereocenters. The van der Waals surface area contributed by atoms with Gasteiger partial charge in [0.05, 0.1) is 25.4 Å². The van der Waals surface area contributed by atoms with Gasteiger partial charge in [0, 0.05) is 21.9 Å². The molecular formula is C20H18N2O3S. The summed E-state index contributed by atoms with van der Waals surface area (Å²) >= 11 is 1.54. The Morgan fingerprint density at radius 1 is 1.38 bits per heavy atom. The Kier molecular flexibility index (Phi) is 4.39. The van der Waals surface area contributed by atoms with Crippen molar-refractivity contribution in [1.29, 1.82) is 5.26 Å². The van der Waals surface area contributed by atoms with Gasteiger partial charge in [-0.2, -0.15) is 5.26 Å². The molecule has 5 nitrogen and oxygen atoms in total. The van der Waals surface area contributed by atoms with Crippen LogP contribution < -0.4 is 10.1 Å². The number of fused-ring (bicyclic) bond motifs is 2. The fourth-order valence-corrected chi connectivity index (χ4v) is 4.70. The average molecular weight is 366 g/mol. The maximum Gasteiger partial charge on any atom is 0.229 e. The van der Waals surface area contributed by atoms with Crippen LogP contribution in [-0.2, 0) is 24.1 Å². The zero-order valence-electron chi connectivity index (χ0n) is 14.4. The van der Waals surface area contributed by atoms with Crippen LogP contribution in [0.25, 0.3) is 11.0 Å². The largest absolute Gasteiger partial charge is 0.497 e. The molecule has 0 fully saturated rings. The van der Waals surface area contributed by atoms with E-state index in [-0.39, 0.29) is 12.3 Å². The van der Waals surface area contributed by atoms with E-state index < -0.39 is 0 Å². The number of ether oxygens (including phenoxy) is 1. The van der Waals surface area contributed by atoms with Crippen LogP contribution in [0.2, 0.25) is 0 Å². The van der Waals surface area contributed by atoms with Crippen molar-refractivity contribution in [2.75, 3.05) is 12.4 Å². The van der Waals surface area contributed by atoms with Gasteiger partial charge < -0.3 is 14.5 Å². The second kappa shape index (κ2) is 6.85. The Hall–Kier alpha value is -2.78. The lowest BCUT2D eigenvalue weighted by atomic mass is 9.96. The number of carbonyl (C=O) groups is 1. The third-order valence-electron chi connectivity index (χ3n) is 4.75.